The molecule has 0 saturated heterocycles. The highest BCUT2D eigenvalue weighted by atomic mass is 32.3. The Morgan fingerprint density at radius 1 is 0.700 bits per heavy atom. The van der Waals surface area contributed by atoms with Crippen molar-refractivity contribution in [3.8, 4) is 0 Å². The van der Waals surface area contributed by atoms with Gasteiger partial charge in [-0.3, -0.25) is 12.6 Å². The standard InChI is InChI=1S/3C2H7N.CH4O4S.H2O4S/c3*1-3-2;1-5-6(2,3)4;1-5(2,3)4/h3*3H,1-2H3;1H3,(H,2,3,4);(H2,1,2,3,4). The highest BCUT2D eigenvalue weighted by Gasteiger charge is 1.79. The van der Waals surface area contributed by atoms with Gasteiger partial charge in [-0.25, -0.2) is 8.42 Å². The zero-order valence-electron chi connectivity index (χ0n) is 12.8. The molecular formula is C7H27N3O8S2. The average Bonchev–Trinajstić information content (AvgIpc) is 2.17. The number of nitrogens with two attached hydrogens (primary N) is 3. The van der Waals surface area contributed by atoms with Crippen LogP contribution in [0.5, 0.6) is 0 Å². The number of hydrogen-bond donors (Lipinski definition) is 3. The summed E-state index contributed by atoms with van der Waals surface area (Å²) in [5.41, 5.74) is 0. The Balaban J connectivity index is -0.0000000488. The topological polar surface area (TPSA) is 197 Å². The molecule has 6 N–H and O–H groups in total. The quantitative estimate of drug-likeness (QED) is 0.308. The summed E-state index contributed by atoms with van der Waals surface area (Å²) in [5.74, 6) is 0. The van der Waals surface area contributed by atoms with Gasteiger partial charge in [0.25, 0.3) is 0 Å². The van der Waals surface area contributed by atoms with Crippen LogP contribution in [0, 0.1) is 0 Å². The Kier molecular flexibility index (Phi) is 37.7. The molecule has 0 atom stereocenters. The van der Waals surface area contributed by atoms with E-state index in [0.29, 0.717) is 0 Å². The Morgan fingerprint density at radius 3 is 0.750 bits per heavy atom. The average molecular weight is 345 g/mol. The Morgan fingerprint density at radius 2 is 0.750 bits per heavy atom. The van der Waals surface area contributed by atoms with Crippen molar-refractivity contribution in [3.05, 3.63) is 0 Å². The van der Waals surface area contributed by atoms with Gasteiger partial charge < -0.3 is 29.6 Å². The van der Waals surface area contributed by atoms with E-state index in [0.717, 1.165) is 7.11 Å². The third-order valence-electron chi connectivity index (χ3n) is 0.204. The van der Waals surface area contributed by atoms with E-state index in [-0.39, 0.29) is 0 Å². The van der Waals surface area contributed by atoms with E-state index in [9.17, 15) is 13.0 Å². The summed E-state index contributed by atoms with van der Waals surface area (Å²) in [4.78, 5) is 0. The van der Waals surface area contributed by atoms with Crippen molar-refractivity contribution < 1.29 is 50.6 Å². The lowest BCUT2D eigenvalue weighted by Gasteiger charge is -2.06. The minimum atomic E-state index is -5.17. The van der Waals surface area contributed by atoms with Crippen LogP contribution in [0.3, 0.4) is 0 Å². The van der Waals surface area contributed by atoms with Crippen LogP contribution in [-0.2, 0) is 25.0 Å². The van der Waals surface area contributed by atoms with Crippen LogP contribution >= 0.6 is 0 Å². The zero-order valence-corrected chi connectivity index (χ0v) is 14.4. The van der Waals surface area contributed by atoms with E-state index < -0.39 is 20.8 Å². The zero-order chi connectivity index (χ0) is 17.8. The van der Waals surface area contributed by atoms with Crippen LogP contribution < -0.4 is 16.0 Å². The van der Waals surface area contributed by atoms with E-state index in [1.54, 1.807) is 0 Å². The van der Waals surface area contributed by atoms with Crippen LogP contribution in [0.1, 0.15) is 0 Å². The van der Waals surface area contributed by atoms with Gasteiger partial charge in [0.1, 0.15) is 0 Å². The van der Waals surface area contributed by atoms with Gasteiger partial charge in [0, 0.05) is 10.4 Å². The molecule has 0 unspecified atom stereocenters. The molecule has 0 aromatic heterocycles. The molecule has 0 aromatic rings. The molecule has 0 fully saturated rings. The van der Waals surface area contributed by atoms with Crippen LogP contribution in [0.2, 0.25) is 0 Å². The Bertz CT molecular complexity index is 317. The minimum Gasteiger partial charge on any atom is -0.759 e. The molecule has 0 radical (unpaired) electrons. The van der Waals surface area contributed by atoms with E-state index in [1.165, 1.54) is 0 Å². The summed E-state index contributed by atoms with van der Waals surface area (Å²) in [6.07, 6.45) is 0. The van der Waals surface area contributed by atoms with Crippen LogP contribution in [0.15, 0.2) is 0 Å². The van der Waals surface area contributed by atoms with Crippen LogP contribution in [0.4, 0.5) is 0 Å². The van der Waals surface area contributed by atoms with Gasteiger partial charge in [-0.1, -0.05) is 0 Å². The first-order valence-corrected chi connectivity index (χ1v) is 7.87. The molecule has 130 valence electrons. The molecule has 0 bridgehead atoms. The summed E-state index contributed by atoms with van der Waals surface area (Å²) in [6.45, 7) is 0. The molecule has 0 rings (SSSR count). The molecule has 0 spiro atoms. The lowest BCUT2D eigenvalue weighted by molar-refractivity contribution is -0.597. The lowest BCUT2D eigenvalue weighted by atomic mass is 11.3. The second kappa shape index (κ2) is 23.7. The number of quaternary nitrogens is 3. The molecule has 13 heteroatoms. The summed E-state index contributed by atoms with van der Waals surface area (Å²) >= 11 is 0. The maximum atomic E-state index is 9.22. The molecule has 0 heterocycles. The summed E-state index contributed by atoms with van der Waals surface area (Å²) in [6, 6.07) is 0. The van der Waals surface area contributed by atoms with Crippen molar-refractivity contribution in [3.63, 3.8) is 0 Å². The molecule has 0 saturated carbocycles. The fraction of sp³-hybridized carbons (Fsp3) is 1.00. The van der Waals surface area contributed by atoms with Gasteiger partial charge >= 0.3 is 0 Å². The van der Waals surface area contributed by atoms with Gasteiger partial charge in [0.2, 0.25) is 10.4 Å². The van der Waals surface area contributed by atoms with Crippen molar-refractivity contribution in [2.45, 2.75) is 0 Å². The normalized spacial score (nSPS) is 9.10. The number of hydrogen-bond acceptors (Lipinski definition) is 8. The second-order valence-corrected chi connectivity index (χ2v) is 4.68. The predicted molar refractivity (Wildman–Crippen MR) is 68.5 cm³/mol. The first-order chi connectivity index (χ1) is 8.80. The molecule has 0 aromatic carbocycles. The van der Waals surface area contributed by atoms with E-state index in [2.05, 4.69) is 4.18 Å². The van der Waals surface area contributed by atoms with Crippen molar-refractivity contribution in [1.82, 2.24) is 0 Å². The van der Waals surface area contributed by atoms with Crippen molar-refractivity contribution in [1.29, 1.82) is 0 Å². The Labute approximate surface area is 121 Å². The highest BCUT2D eigenvalue weighted by molar-refractivity contribution is 7.80. The van der Waals surface area contributed by atoms with E-state index in [4.69, 9.17) is 17.5 Å². The summed E-state index contributed by atoms with van der Waals surface area (Å²) in [5, 5.41) is 6.00. The van der Waals surface area contributed by atoms with Gasteiger partial charge in [0.05, 0.1) is 49.4 Å². The second-order valence-electron chi connectivity index (χ2n) is 2.72. The Hall–Kier alpha value is -0.380. The maximum absolute atomic E-state index is 9.22. The van der Waals surface area contributed by atoms with Gasteiger partial charge in [-0.2, -0.15) is 0 Å². The molecule has 0 amide bonds. The van der Waals surface area contributed by atoms with Gasteiger partial charge in [-0.05, 0) is 0 Å². The minimum absolute atomic E-state index is 0.808. The summed E-state index contributed by atoms with van der Waals surface area (Å²) in [7, 11) is 3.23. The predicted octanol–water partition coefficient (Wildman–Crippen LogP) is -5.82. The first kappa shape index (κ1) is 31.8. The van der Waals surface area contributed by atoms with Gasteiger partial charge in [0.15, 0.2) is 0 Å². The van der Waals surface area contributed by atoms with E-state index in [1.807, 2.05) is 58.2 Å². The molecule has 0 aliphatic heterocycles. The molecule has 11 nitrogen and oxygen atoms in total. The van der Waals surface area contributed by atoms with Crippen molar-refractivity contribution >= 4 is 20.8 Å². The number of rotatable bonds is 1. The highest BCUT2D eigenvalue weighted by Crippen LogP contribution is 1.74. The fourth-order valence-electron chi connectivity index (χ4n) is 0. The lowest BCUT2D eigenvalue weighted by Crippen LogP contribution is -2.74. The molecule has 20 heavy (non-hydrogen) atoms. The molecule has 0 aliphatic rings. The van der Waals surface area contributed by atoms with E-state index >= 15 is 0 Å². The SMILES string of the molecule is COS(=O)(=O)[O-].C[NH2+]C.C[NH2+]C.C[NH2+]C.O=S(=O)([O-])[O-]. The summed E-state index contributed by atoms with van der Waals surface area (Å²) < 4.78 is 65.1. The fourth-order valence-corrected chi connectivity index (χ4v) is 0. The third kappa shape index (κ3) is 709. The van der Waals surface area contributed by atoms with Crippen LogP contribution in [0.25, 0.3) is 0 Å². The maximum Gasteiger partial charge on any atom is 0.217 e. The monoisotopic (exact) mass is 345 g/mol. The third-order valence-corrected chi connectivity index (χ3v) is 0.612. The van der Waals surface area contributed by atoms with Crippen molar-refractivity contribution in [2.75, 3.05) is 49.4 Å². The molecule has 0 aliphatic carbocycles. The van der Waals surface area contributed by atoms with Crippen LogP contribution in [-0.4, -0.2) is 79.9 Å². The van der Waals surface area contributed by atoms with Gasteiger partial charge in [-0.15, -0.1) is 0 Å². The first-order valence-electron chi connectivity index (χ1n) is 5.21. The smallest absolute Gasteiger partial charge is 0.217 e. The van der Waals surface area contributed by atoms with Crippen molar-refractivity contribution in [2.24, 2.45) is 0 Å². The molecular weight excluding hydrogens is 318 g/mol. The largest absolute Gasteiger partial charge is 0.759 e.